The minimum Gasteiger partial charge on any atom is -0.449 e. The third kappa shape index (κ3) is 30.6. The summed E-state index contributed by atoms with van der Waals surface area (Å²) in [4.78, 5) is 0. The van der Waals surface area contributed by atoms with Gasteiger partial charge in [-0.1, -0.05) is 133 Å². The van der Waals surface area contributed by atoms with Gasteiger partial charge in [0.15, 0.2) is 9.04 Å². The molecule has 0 fully saturated rings. The van der Waals surface area contributed by atoms with Crippen LogP contribution >= 0.6 is 0 Å². The van der Waals surface area contributed by atoms with Gasteiger partial charge >= 0.3 is 0 Å². The number of rotatable bonds is 26. The van der Waals surface area contributed by atoms with Gasteiger partial charge < -0.3 is 24.7 Å². The molecule has 1 aromatic carbocycles. The van der Waals surface area contributed by atoms with Gasteiger partial charge in [0.1, 0.15) is 10.5 Å². The van der Waals surface area contributed by atoms with Crippen LogP contribution in [-0.2, 0) is 24.7 Å². The molecule has 0 saturated carbocycles. The third-order valence-corrected chi connectivity index (χ3v) is 16.2. The van der Waals surface area contributed by atoms with E-state index < -0.39 is 59.1 Å². The number of hydrogen-bond acceptors (Lipinski definition) is 6. The van der Waals surface area contributed by atoms with Crippen LogP contribution in [0.15, 0.2) is 36.9 Å². The molecule has 0 bridgehead atoms. The fourth-order valence-electron chi connectivity index (χ4n) is 3.68. The molecule has 0 aliphatic heterocycles. The zero-order valence-corrected chi connectivity index (χ0v) is 34.4. The molecule has 0 saturated heterocycles. The van der Waals surface area contributed by atoms with E-state index in [1.165, 1.54) is 95.1 Å². The molecule has 1 unspecified atom stereocenters. The summed E-state index contributed by atoms with van der Waals surface area (Å²) in [5.74, 6) is 0. The Morgan fingerprint density at radius 1 is 0.703 bits per heavy atom. The van der Waals surface area contributed by atoms with E-state index in [0.29, 0.717) is 0 Å². The molecule has 1 atom stereocenters. The minimum absolute atomic E-state index is 0.719. The van der Waals surface area contributed by atoms with Crippen LogP contribution in [0.25, 0.3) is 6.08 Å². The molecule has 0 amide bonds. The summed E-state index contributed by atoms with van der Waals surface area (Å²) in [5, 5.41) is 0. The Balaban J connectivity index is 0.00000136. The molecule has 216 valence electrons. The van der Waals surface area contributed by atoms with Gasteiger partial charge in [-0.3, -0.25) is 0 Å². The van der Waals surface area contributed by atoms with Crippen molar-refractivity contribution in [3.05, 3.63) is 42.5 Å². The standard InChI is InChI=1S/C16H48O6Si7.C8H8/c1-3-4-5-6-7-8-9-10-11-12-13-14-15-16-29(2)22-28-21-27-20-26-19-25-18-24-17-23;1-2-8-6-4-3-5-7-8/h29H,3-16,24-28H2,1-2,23H3;2-7H,1H2. The van der Waals surface area contributed by atoms with Crippen LogP contribution in [0, 0.1) is 0 Å². The van der Waals surface area contributed by atoms with Crippen LogP contribution in [-0.4, -0.2) is 69.6 Å². The molecule has 37 heavy (non-hydrogen) atoms. The first kappa shape index (κ1) is 37.2. The average Bonchev–Trinajstić information content (AvgIpc) is 2.93. The van der Waals surface area contributed by atoms with Gasteiger partial charge in [0.2, 0.25) is 0 Å². The predicted molar refractivity (Wildman–Crippen MR) is 179 cm³/mol. The number of unbranched alkanes of at least 4 members (excludes halogenated alkanes) is 12. The van der Waals surface area contributed by atoms with E-state index in [0.717, 1.165) is 10.5 Å². The number of benzene rings is 1. The van der Waals surface area contributed by atoms with Gasteiger partial charge in [-0.2, -0.15) is 0 Å². The lowest BCUT2D eigenvalue weighted by molar-refractivity contribution is 0.378. The molecular weight excluding hydrogens is 581 g/mol. The molecule has 0 heterocycles. The zero-order valence-electron chi connectivity index (χ0n) is 24.1. The van der Waals surface area contributed by atoms with Crippen molar-refractivity contribution in [2.75, 3.05) is 0 Å². The van der Waals surface area contributed by atoms with Gasteiger partial charge in [0, 0.05) is 0 Å². The lowest BCUT2D eigenvalue weighted by Gasteiger charge is -2.12. The zero-order chi connectivity index (χ0) is 27.1. The van der Waals surface area contributed by atoms with Crippen molar-refractivity contribution in [1.29, 1.82) is 0 Å². The second-order valence-corrected chi connectivity index (χ2v) is 22.9. The fraction of sp³-hybridized carbons (Fsp3) is 0.667. The van der Waals surface area contributed by atoms with Gasteiger partial charge in [-0.15, -0.1) is 0 Å². The summed E-state index contributed by atoms with van der Waals surface area (Å²) < 4.78 is 33.0. The van der Waals surface area contributed by atoms with E-state index >= 15 is 0 Å². The summed E-state index contributed by atoms with van der Waals surface area (Å²) >= 11 is 0. The van der Waals surface area contributed by atoms with Gasteiger partial charge in [0.25, 0.3) is 50.0 Å². The Bertz CT molecular complexity index is 578. The van der Waals surface area contributed by atoms with Gasteiger partial charge in [-0.05, 0) is 18.2 Å². The lowest BCUT2D eigenvalue weighted by atomic mass is 10.1. The second-order valence-electron chi connectivity index (χ2n) is 9.32. The Labute approximate surface area is 244 Å². The monoisotopic (exact) mass is 636 g/mol. The largest absolute Gasteiger partial charge is 0.449 e. The van der Waals surface area contributed by atoms with Crippen LogP contribution in [0.5, 0.6) is 0 Å². The van der Waals surface area contributed by atoms with E-state index in [2.05, 4.69) is 20.0 Å². The predicted octanol–water partition coefficient (Wildman–Crippen LogP) is 2.13. The maximum absolute atomic E-state index is 5.97. The Morgan fingerprint density at radius 3 is 1.62 bits per heavy atom. The Hall–Kier alpha value is 0.238. The Morgan fingerprint density at radius 2 is 1.16 bits per heavy atom. The van der Waals surface area contributed by atoms with Crippen LogP contribution in [0.1, 0.15) is 96.0 Å². The SMILES string of the molecule is C=Cc1ccccc1.CCCCCCCCCCCCCCC[SiH](C)O[SiH2]O[SiH2]O[SiH2]O[SiH2]O[SiH2]O[SiH3]. The van der Waals surface area contributed by atoms with Crippen molar-refractivity contribution >= 4 is 75.6 Å². The maximum atomic E-state index is 5.97. The number of hydrogen-bond donors (Lipinski definition) is 0. The third-order valence-electron chi connectivity index (χ3n) is 5.89. The Kier molecular flexibility index (Phi) is 32.7. The van der Waals surface area contributed by atoms with Crippen molar-refractivity contribution in [2.45, 2.75) is 103 Å². The topological polar surface area (TPSA) is 55.4 Å². The molecule has 6 nitrogen and oxygen atoms in total. The molecule has 0 aromatic heterocycles. The van der Waals surface area contributed by atoms with Crippen molar-refractivity contribution in [2.24, 2.45) is 0 Å². The molecule has 1 rings (SSSR count). The van der Waals surface area contributed by atoms with Crippen molar-refractivity contribution in [3.8, 4) is 0 Å². The highest BCUT2D eigenvalue weighted by Gasteiger charge is 2.05. The van der Waals surface area contributed by atoms with Crippen LogP contribution in [0.4, 0.5) is 0 Å². The summed E-state index contributed by atoms with van der Waals surface area (Å²) in [5.41, 5.74) is 1.17. The quantitative estimate of drug-likeness (QED) is 0.115. The highest BCUT2D eigenvalue weighted by Crippen LogP contribution is 2.13. The minimum atomic E-state index is -1.00. The second kappa shape index (κ2) is 32.5. The summed E-state index contributed by atoms with van der Waals surface area (Å²) in [7, 11) is -4.32. The lowest BCUT2D eigenvalue weighted by Crippen LogP contribution is -2.22. The van der Waals surface area contributed by atoms with E-state index in [-0.39, 0.29) is 0 Å². The summed E-state index contributed by atoms with van der Waals surface area (Å²) in [6.07, 6.45) is 20.3. The molecule has 13 heteroatoms. The van der Waals surface area contributed by atoms with Crippen LogP contribution in [0.2, 0.25) is 12.6 Å². The first-order valence-corrected chi connectivity index (χ1v) is 23.4. The highest BCUT2D eigenvalue weighted by molar-refractivity contribution is 6.57. The van der Waals surface area contributed by atoms with E-state index in [1.54, 1.807) is 0 Å². The van der Waals surface area contributed by atoms with Crippen molar-refractivity contribution < 1.29 is 24.7 Å². The molecular formula is C24H56O6Si7. The molecule has 0 aliphatic rings. The van der Waals surface area contributed by atoms with E-state index in [4.69, 9.17) is 24.7 Å². The maximum Gasteiger partial charge on any atom is 0.286 e. The average molecular weight is 637 g/mol. The van der Waals surface area contributed by atoms with Crippen LogP contribution < -0.4 is 0 Å². The molecule has 1 aromatic rings. The van der Waals surface area contributed by atoms with Crippen molar-refractivity contribution in [1.82, 2.24) is 0 Å². The van der Waals surface area contributed by atoms with Crippen LogP contribution in [0.3, 0.4) is 0 Å². The first-order chi connectivity index (χ1) is 18.2. The molecule has 0 N–H and O–H groups in total. The summed E-state index contributed by atoms with van der Waals surface area (Å²) in [6.45, 7) is 8.23. The smallest absolute Gasteiger partial charge is 0.286 e. The van der Waals surface area contributed by atoms with Gasteiger partial charge in [0.05, 0.1) is 0 Å². The van der Waals surface area contributed by atoms with Gasteiger partial charge in [-0.25, -0.2) is 0 Å². The highest BCUT2D eigenvalue weighted by atomic mass is 28.4. The first-order valence-electron chi connectivity index (χ1n) is 14.3. The normalized spacial score (nSPS) is 13.4. The molecule has 0 aliphatic carbocycles. The molecule has 0 spiro atoms. The fourth-order valence-corrected chi connectivity index (χ4v) is 15.2. The van der Waals surface area contributed by atoms with E-state index in [1.807, 2.05) is 36.4 Å². The van der Waals surface area contributed by atoms with E-state index in [9.17, 15) is 0 Å². The summed E-state index contributed by atoms with van der Waals surface area (Å²) in [6, 6.07) is 11.3. The molecule has 0 radical (unpaired) electrons. The van der Waals surface area contributed by atoms with Crippen molar-refractivity contribution in [3.63, 3.8) is 0 Å².